The molecule has 0 saturated heterocycles. The molecule has 2 aliphatic rings. The summed E-state index contributed by atoms with van der Waals surface area (Å²) in [6.07, 6.45) is 0.728. The second-order valence-corrected chi connectivity index (χ2v) is 7.80. The highest BCUT2D eigenvalue weighted by atomic mass is 19.1. The van der Waals surface area contributed by atoms with Crippen LogP contribution in [0.3, 0.4) is 0 Å². The average molecular weight is 340 g/mol. The summed E-state index contributed by atoms with van der Waals surface area (Å²) in [5, 5.41) is 8.76. The Morgan fingerprint density at radius 3 is 2.64 bits per heavy atom. The first-order valence-corrected chi connectivity index (χ1v) is 8.53. The highest BCUT2D eigenvalue weighted by Gasteiger charge is 2.67. The van der Waals surface area contributed by atoms with Crippen LogP contribution < -0.4 is 0 Å². The van der Waals surface area contributed by atoms with Gasteiger partial charge in [-0.1, -0.05) is 32.9 Å². The Morgan fingerprint density at radius 1 is 1.24 bits per heavy atom. The quantitative estimate of drug-likeness (QED) is 0.779. The van der Waals surface area contributed by atoms with E-state index in [-0.39, 0.29) is 29.0 Å². The van der Waals surface area contributed by atoms with E-state index in [2.05, 4.69) is 31.0 Å². The van der Waals surface area contributed by atoms with Crippen molar-refractivity contribution in [2.75, 3.05) is 7.11 Å². The largest absolute Gasteiger partial charge is 0.469 e. The lowest BCUT2D eigenvalue weighted by Gasteiger charge is -2.37. The Bertz CT molecular complexity index is 880. The number of hydrogen-bond acceptors (Lipinski definition) is 4. The van der Waals surface area contributed by atoms with E-state index < -0.39 is 5.41 Å². The number of aromatic nitrogens is 2. The van der Waals surface area contributed by atoms with Gasteiger partial charge in [-0.3, -0.25) is 4.79 Å². The predicted octanol–water partition coefficient (Wildman–Crippen LogP) is 3.86. The van der Waals surface area contributed by atoms with Crippen molar-refractivity contribution in [3.05, 3.63) is 47.4 Å². The summed E-state index contributed by atoms with van der Waals surface area (Å²) in [6.45, 7) is 6.42. The van der Waals surface area contributed by atoms with E-state index in [1.54, 1.807) is 18.2 Å². The molecule has 0 amide bonds. The molecule has 25 heavy (non-hydrogen) atoms. The third-order valence-electron chi connectivity index (χ3n) is 6.70. The molecule has 4 rings (SSSR count). The van der Waals surface area contributed by atoms with Crippen LogP contribution >= 0.6 is 0 Å². The van der Waals surface area contributed by atoms with Gasteiger partial charge in [-0.15, -0.1) is 0 Å². The summed E-state index contributed by atoms with van der Waals surface area (Å²) in [7, 11) is 1.43. The Hall–Kier alpha value is -2.30. The molecule has 4 nitrogen and oxygen atoms in total. The number of nitrogens with zero attached hydrogens (tertiary/aromatic N) is 2. The van der Waals surface area contributed by atoms with Crippen molar-refractivity contribution in [3.8, 4) is 11.3 Å². The molecule has 0 spiro atoms. The number of halogens is 1. The molecule has 0 aliphatic heterocycles. The van der Waals surface area contributed by atoms with E-state index in [1.165, 1.54) is 13.2 Å². The molecule has 1 heterocycles. The Morgan fingerprint density at radius 2 is 1.96 bits per heavy atom. The molecule has 2 aliphatic carbocycles. The molecule has 3 unspecified atom stereocenters. The molecule has 5 heteroatoms. The predicted molar refractivity (Wildman–Crippen MR) is 91.4 cm³/mol. The minimum Gasteiger partial charge on any atom is -0.469 e. The van der Waals surface area contributed by atoms with Gasteiger partial charge in [0.2, 0.25) is 0 Å². The molecule has 0 N–H and O–H groups in total. The van der Waals surface area contributed by atoms with Crippen LogP contribution in [0, 0.1) is 17.2 Å². The van der Waals surface area contributed by atoms with Gasteiger partial charge in [0.1, 0.15) is 5.82 Å². The van der Waals surface area contributed by atoms with Crippen molar-refractivity contribution in [2.45, 2.75) is 38.5 Å². The highest BCUT2D eigenvalue weighted by molar-refractivity contribution is 5.77. The lowest BCUT2D eigenvalue weighted by atomic mass is 9.66. The van der Waals surface area contributed by atoms with Crippen LogP contribution in [0.2, 0.25) is 0 Å². The molecule has 1 fully saturated rings. The van der Waals surface area contributed by atoms with Crippen LogP contribution in [0.25, 0.3) is 11.3 Å². The van der Waals surface area contributed by atoms with E-state index in [0.29, 0.717) is 11.3 Å². The van der Waals surface area contributed by atoms with Gasteiger partial charge >= 0.3 is 5.97 Å². The lowest BCUT2D eigenvalue weighted by Crippen LogP contribution is -2.42. The first kappa shape index (κ1) is 16.2. The zero-order valence-corrected chi connectivity index (χ0v) is 14.8. The summed E-state index contributed by atoms with van der Waals surface area (Å²) in [6, 6.07) is 8.54. The number of ether oxygens (including phenoxy) is 1. The third-order valence-corrected chi connectivity index (χ3v) is 6.70. The minimum atomic E-state index is -0.430. The Kier molecular flexibility index (Phi) is 3.30. The summed E-state index contributed by atoms with van der Waals surface area (Å²) >= 11 is 0. The fraction of sp³-hybridized carbons (Fsp3) is 0.450. The first-order valence-electron chi connectivity index (χ1n) is 8.53. The van der Waals surface area contributed by atoms with Crippen LogP contribution in [-0.4, -0.2) is 23.3 Å². The standard InChI is InChI=1S/C20H21FN2O2/c1-19(2)13-10-14(18(24)25-4)20(19,3)17-12(13)9-16(22-23-17)11-7-5-6-8-15(11)21/h5-9,13-14H,10H2,1-4H3. The van der Waals surface area contributed by atoms with Gasteiger partial charge < -0.3 is 4.74 Å². The zero-order valence-electron chi connectivity index (χ0n) is 14.8. The topological polar surface area (TPSA) is 52.1 Å². The van der Waals surface area contributed by atoms with E-state index >= 15 is 0 Å². The third kappa shape index (κ3) is 1.89. The van der Waals surface area contributed by atoms with Gasteiger partial charge in [-0.2, -0.15) is 10.2 Å². The van der Waals surface area contributed by atoms with E-state index in [1.807, 2.05) is 6.07 Å². The molecule has 0 radical (unpaired) electrons. The summed E-state index contributed by atoms with van der Waals surface area (Å²) in [5.41, 5.74) is 2.36. The molecule has 2 bridgehead atoms. The Balaban J connectivity index is 1.87. The van der Waals surface area contributed by atoms with Gasteiger partial charge in [-0.25, -0.2) is 4.39 Å². The number of carbonyl (C=O) groups is 1. The molecule has 1 aromatic carbocycles. The number of carbonyl (C=O) groups excluding carboxylic acids is 1. The van der Waals surface area contributed by atoms with E-state index in [0.717, 1.165) is 17.7 Å². The molecular weight excluding hydrogens is 319 g/mol. The maximum absolute atomic E-state index is 14.1. The minimum absolute atomic E-state index is 0.142. The number of hydrogen-bond donors (Lipinski definition) is 0. The zero-order chi connectivity index (χ0) is 18.0. The molecule has 2 aromatic rings. The van der Waals surface area contributed by atoms with Crippen LogP contribution in [0.15, 0.2) is 30.3 Å². The number of fused-ring (bicyclic) bond motifs is 5. The number of esters is 1. The summed E-state index contributed by atoms with van der Waals surface area (Å²) < 4.78 is 19.2. The second kappa shape index (κ2) is 5.10. The second-order valence-electron chi connectivity index (χ2n) is 7.80. The van der Waals surface area contributed by atoms with Crippen molar-refractivity contribution in [1.29, 1.82) is 0 Å². The molecular formula is C20H21FN2O2. The first-order chi connectivity index (χ1) is 11.8. The van der Waals surface area contributed by atoms with Crippen molar-refractivity contribution in [2.24, 2.45) is 11.3 Å². The molecule has 3 atom stereocenters. The maximum Gasteiger partial charge on any atom is 0.309 e. The van der Waals surface area contributed by atoms with Crippen LogP contribution in [0.5, 0.6) is 0 Å². The number of rotatable bonds is 2. The monoisotopic (exact) mass is 340 g/mol. The SMILES string of the molecule is COC(=O)C1CC2c3cc(-c4ccccc4F)nnc3C1(C)C2(C)C. The van der Waals surface area contributed by atoms with Crippen molar-refractivity contribution >= 4 is 5.97 Å². The average Bonchev–Trinajstić information content (AvgIpc) is 2.91. The van der Waals surface area contributed by atoms with Crippen molar-refractivity contribution in [1.82, 2.24) is 10.2 Å². The van der Waals surface area contributed by atoms with Gasteiger partial charge in [0.15, 0.2) is 0 Å². The molecule has 1 saturated carbocycles. The fourth-order valence-corrected chi connectivity index (χ4v) is 4.91. The fourth-order valence-electron chi connectivity index (χ4n) is 4.91. The summed E-state index contributed by atoms with van der Waals surface area (Å²) in [4.78, 5) is 12.3. The van der Waals surface area contributed by atoms with Crippen LogP contribution in [0.1, 0.15) is 44.4 Å². The number of benzene rings is 1. The Labute approximate surface area is 146 Å². The number of methoxy groups -OCH3 is 1. The smallest absolute Gasteiger partial charge is 0.309 e. The van der Waals surface area contributed by atoms with Crippen LogP contribution in [0.4, 0.5) is 4.39 Å². The molecule has 130 valence electrons. The highest BCUT2D eigenvalue weighted by Crippen LogP contribution is 2.69. The molecule has 1 aromatic heterocycles. The van der Waals surface area contributed by atoms with Crippen LogP contribution in [-0.2, 0) is 14.9 Å². The van der Waals surface area contributed by atoms with Gasteiger partial charge in [0, 0.05) is 11.0 Å². The maximum atomic E-state index is 14.1. The lowest BCUT2D eigenvalue weighted by molar-refractivity contribution is -0.148. The van der Waals surface area contributed by atoms with E-state index in [9.17, 15) is 9.18 Å². The van der Waals surface area contributed by atoms with E-state index in [4.69, 9.17) is 4.74 Å². The van der Waals surface area contributed by atoms with Gasteiger partial charge in [0.05, 0.1) is 24.4 Å². The van der Waals surface area contributed by atoms with Gasteiger partial charge in [-0.05, 0) is 41.5 Å². The van der Waals surface area contributed by atoms with Crippen molar-refractivity contribution in [3.63, 3.8) is 0 Å². The summed E-state index contributed by atoms with van der Waals surface area (Å²) in [5.74, 6) is -0.544. The normalized spacial score (nSPS) is 28.7. The van der Waals surface area contributed by atoms with Gasteiger partial charge in [0.25, 0.3) is 0 Å². The van der Waals surface area contributed by atoms with Crippen molar-refractivity contribution < 1.29 is 13.9 Å².